The van der Waals surface area contributed by atoms with Crippen molar-refractivity contribution in [2.45, 2.75) is 25.0 Å². The minimum absolute atomic E-state index is 0.146. The third-order valence-electron chi connectivity index (χ3n) is 4.06. The van der Waals surface area contributed by atoms with Crippen LogP contribution in [0.1, 0.15) is 30.0 Å². The quantitative estimate of drug-likeness (QED) is 0.890. The molecule has 3 rings (SSSR count). The highest BCUT2D eigenvalue weighted by molar-refractivity contribution is 5.75. The minimum Gasteiger partial charge on any atom is -0.376 e. The van der Waals surface area contributed by atoms with Gasteiger partial charge in [-0.15, -0.1) is 0 Å². The van der Waals surface area contributed by atoms with Gasteiger partial charge in [0.1, 0.15) is 0 Å². The molecule has 120 valence electrons. The second kappa shape index (κ2) is 7.79. The summed E-state index contributed by atoms with van der Waals surface area (Å²) in [6, 6.07) is 19.7. The van der Waals surface area contributed by atoms with Crippen LogP contribution in [0.5, 0.6) is 0 Å². The van der Waals surface area contributed by atoms with E-state index in [0.29, 0.717) is 6.54 Å². The van der Waals surface area contributed by atoms with E-state index in [1.807, 2.05) is 60.7 Å². The summed E-state index contributed by atoms with van der Waals surface area (Å²) in [6.45, 7) is 1.35. The lowest BCUT2D eigenvalue weighted by Gasteiger charge is -2.21. The van der Waals surface area contributed by atoms with Crippen molar-refractivity contribution in [2.24, 2.45) is 0 Å². The van der Waals surface area contributed by atoms with Crippen LogP contribution in [0.15, 0.2) is 60.7 Å². The molecule has 23 heavy (non-hydrogen) atoms. The largest absolute Gasteiger partial charge is 0.376 e. The molecule has 2 aromatic rings. The molecule has 1 fully saturated rings. The van der Waals surface area contributed by atoms with Crippen LogP contribution < -0.4 is 10.6 Å². The van der Waals surface area contributed by atoms with Crippen LogP contribution in [0, 0.1) is 0 Å². The Balaban J connectivity index is 1.67. The Morgan fingerprint density at radius 2 is 1.65 bits per heavy atom. The van der Waals surface area contributed by atoms with E-state index in [-0.39, 0.29) is 18.2 Å². The highest BCUT2D eigenvalue weighted by atomic mass is 16.5. The van der Waals surface area contributed by atoms with Gasteiger partial charge in [-0.25, -0.2) is 4.79 Å². The molecule has 0 radical (unpaired) electrons. The fourth-order valence-corrected chi connectivity index (χ4v) is 2.84. The van der Waals surface area contributed by atoms with E-state index < -0.39 is 0 Å². The standard InChI is InChI=1S/C19H22N2O2/c22-19(20-14-17-12-7-13-23-17)21-18(15-8-3-1-4-9-15)16-10-5-2-6-11-16/h1-6,8-11,17-18H,7,12-14H2,(H2,20,21,22). The second-order valence-electron chi connectivity index (χ2n) is 5.74. The lowest BCUT2D eigenvalue weighted by Crippen LogP contribution is -2.41. The SMILES string of the molecule is O=C(NCC1CCCO1)NC(c1ccccc1)c1ccccc1. The molecule has 2 N–H and O–H groups in total. The summed E-state index contributed by atoms with van der Waals surface area (Å²) >= 11 is 0. The van der Waals surface area contributed by atoms with E-state index in [0.717, 1.165) is 30.6 Å². The first-order valence-electron chi connectivity index (χ1n) is 8.09. The molecule has 1 unspecified atom stereocenters. The number of carbonyl (C=O) groups is 1. The van der Waals surface area contributed by atoms with Crippen molar-refractivity contribution in [3.8, 4) is 0 Å². The number of hydrogen-bond donors (Lipinski definition) is 2. The summed E-state index contributed by atoms with van der Waals surface area (Å²) in [5.41, 5.74) is 2.12. The zero-order valence-corrected chi connectivity index (χ0v) is 13.1. The monoisotopic (exact) mass is 310 g/mol. The molecular weight excluding hydrogens is 288 g/mol. The second-order valence-corrected chi connectivity index (χ2v) is 5.74. The van der Waals surface area contributed by atoms with Crippen LogP contribution >= 0.6 is 0 Å². The summed E-state index contributed by atoms with van der Waals surface area (Å²) in [7, 11) is 0. The van der Waals surface area contributed by atoms with Gasteiger partial charge < -0.3 is 15.4 Å². The topological polar surface area (TPSA) is 50.4 Å². The molecule has 4 nitrogen and oxygen atoms in total. The fourth-order valence-electron chi connectivity index (χ4n) is 2.84. The molecule has 0 saturated carbocycles. The highest BCUT2D eigenvalue weighted by Gasteiger charge is 2.19. The van der Waals surface area contributed by atoms with Crippen LogP contribution in [0.3, 0.4) is 0 Å². The van der Waals surface area contributed by atoms with E-state index in [9.17, 15) is 4.79 Å². The first-order chi connectivity index (χ1) is 11.3. The molecule has 1 atom stereocenters. The third-order valence-corrected chi connectivity index (χ3v) is 4.06. The molecule has 2 amide bonds. The Hall–Kier alpha value is -2.33. The number of amides is 2. The van der Waals surface area contributed by atoms with Crippen molar-refractivity contribution >= 4 is 6.03 Å². The minimum atomic E-state index is -0.168. The van der Waals surface area contributed by atoms with Gasteiger partial charge >= 0.3 is 6.03 Å². The van der Waals surface area contributed by atoms with E-state index in [1.165, 1.54) is 0 Å². The van der Waals surface area contributed by atoms with E-state index >= 15 is 0 Å². The molecule has 0 spiro atoms. The Bertz CT molecular complexity index is 570. The molecule has 2 aromatic carbocycles. The van der Waals surface area contributed by atoms with E-state index in [4.69, 9.17) is 4.74 Å². The number of ether oxygens (including phenoxy) is 1. The van der Waals surface area contributed by atoms with Gasteiger partial charge in [-0.1, -0.05) is 60.7 Å². The van der Waals surface area contributed by atoms with Gasteiger partial charge in [0, 0.05) is 13.2 Å². The number of benzene rings is 2. The molecule has 1 saturated heterocycles. The predicted molar refractivity (Wildman–Crippen MR) is 90.2 cm³/mol. The van der Waals surface area contributed by atoms with Gasteiger partial charge in [-0.05, 0) is 24.0 Å². The van der Waals surface area contributed by atoms with E-state index in [1.54, 1.807) is 0 Å². The van der Waals surface area contributed by atoms with Gasteiger partial charge in [-0.3, -0.25) is 0 Å². The number of nitrogens with one attached hydrogen (secondary N) is 2. The number of urea groups is 1. The van der Waals surface area contributed by atoms with Gasteiger partial charge in [-0.2, -0.15) is 0 Å². The number of hydrogen-bond acceptors (Lipinski definition) is 2. The van der Waals surface area contributed by atoms with Crippen LogP contribution in [0.2, 0.25) is 0 Å². The molecule has 0 bridgehead atoms. The van der Waals surface area contributed by atoms with Crippen molar-refractivity contribution in [1.82, 2.24) is 10.6 Å². The van der Waals surface area contributed by atoms with Crippen molar-refractivity contribution in [3.05, 3.63) is 71.8 Å². The molecule has 1 aliphatic rings. The molecule has 0 aliphatic carbocycles. The van der Waals surface area contributed by atoms with E-state index in [2.05, 4.69) is 10.6 Å². The molecule has 1 aliphatic heterocycles. The summed E-state index contributed by atoms with van der Waals surface area (Å²) in [6.07, 6.45) is 2.23. The number of rotatable bonds is 5. The first kappa shape index (κ1) is 15.6. The van der Waals surface area contributed by atoms with Crippen LogP contribution in [0.4, 0.5) is 4.79 Å². The van der Waals surface area contributed by atoms with Gasteiger partial charge in [0.15, 0.2) is 0 Å². The zero-order chi connectivity index (χ0) is 15.9. The average molecular weight is 310 g/mol. The Morgan fingerprint density at radius 1 is 1.04 bits per heavy atom. The maximum absolute atomic E-state index is 12.3. The van der Waals surface area contributed by atoms with Crippen molar-refractivity contribution < 1.29 is 9.53 Å². The first-order valence-corrected chi connectivity index (χ1v) is 8.09. The number of carbonyl (C=O) groups excluding carboxylic acids is 1. The zero-order valence-electron chi connectivity index (χ0n) is 13.1. The smallest absolute Gasteiger partial charge is 0.315 e. The molecule has 0 aromatic heterocycles. The van der Waals surface area contributed by atoms with Crippen LogP contribution in [0.25, 0.3) is 0 Å². The van der Waals surface area contributed by atoms with Crippen LogP contribution in [-0.4, -0.2) is 25.3 Å². The normalized spacial score (nSPS) is 17.2. The van der Waals surface area contributed by atoms with Crippen molar-refractivity contribution in [3.63, 3.8) is 0 Å². The lowest BCUT2D eigenvalue weighted by atomic mass is 9.99. The molecular formula is C19H22N2O2. The average Bonchev–Trinajstić information content (AvgIpc) is 3.13. The Labute approximate surface area is 136 Å². The highest BCUT2D eigenvalue weighted by Crippen LogP contribution is 2.21. The Kier molecular flexibility index (Phi) is 5.27. The molecule has 4 heteroatoms. The summed E-state index contributed by atoms with van der Waals surface area (Å²) in [5.74, 6) is 0. The summed E-state index contributed by atoms with van der Waals surface area (Å²) in [5, 5.41) is 5.99. The summed E-state index contributed by atoms with van der Waals surface area (Å²) in [4.78, 5) is 12.3. The van der Waals surface area contributed by atoms with Crippen LogP contribution in [-0.2, 0) is 4.74 Å². The predicted octanol–water partition coefficient (Wildman–Crippen LogP) is 3.25. The maximum atomic E-state index is 12.3. The fraction of sp³-hybridized carbons (Fsp3) is 0.316. The summed E-state index contributed by atoms with van der Waals surface area (Å²) < 4.78 is 5.54. The van der Waals surface area contributed by atoms with Gasteiger partial charge in [0.05, 0.1) is 12.1 Å². The molecule has 1 heterocycles. The van der Waals surface area contributed by atoms with Gasteiger partial charge in [0.25, 0.3) is 0 Å². The van der Waals surface area contributed by atoms with Gasteiger partial charge in [0.2, 0.25) is 0 Å². The van der Waals surface area contributed by atoms with Crippen molar-refractivity contribution in [1.29, 1.82) is 0 Å². The Morgan fingerprint density at radius 3 is 2.17 bits per heavy atom. The maximum Gasteiger partial charge on any atom is 0.315 e. The van der Waals surface area contributed by atoms with Crippen molar-refractivity contribution in [2.75, 3.05) is 13.2 Å². The third kappa shape index (κ3) is 4.33. The lowest BCUT2D eigenvalue weighted by molar-refractivity contribution is 0.111.